The average molecular weight is 266 g/mol. The summed E-state index contributed by atoms with van der Waals surface area (Å²) in [7, 11) is 0. The molecule has 1 aromatic rings. The van der Waals surface area contributed by atoms with Crippen LogP contribution in [0, 0.1) is 5.92 Å². The quantitative estimate of drug-likeness (QED) is 0.790. The van der Waals surface area contributed by atoms with Crippen molar-refractivity contribution in [3.05, 3.63) is 28.2 Å². The zero-order valence-electron chi connectivity index (χ0n) is 8.88. The van der Waals surface area contributed by atoms with E-state index < -0.39 is 0 Å². The summed E-state index contributed by atoms with van der Waals surface area (Å²) in [6.45, 7) is 2.54. The summed E-state index contributed by atoms with van der Waals surface area (Å²) in [6, 6.07) is 6.74. The smallest absolute Gasteiger partial charge is 0.0399 e. The minimum atomic E-state index is 0.986. The van der Waals surface area contributed by atoms with Gasteiger partial charge < -0.3 is 4.90 Å². The number of anilines is 1. The van der Waals surface area contributed by atoms with E-state index >= 15 is 0 Å². The summed E-state index contributed by atoms with van der Waals surface area (Å²) in [5.74, 6) is 0.986. The number of hydrogen-bond donors (Lipinski definition) is 0. The van der Waals surface area contributed by atoms with E-state index in [0.29, 0.717) is 0 Å². The maximum atomic E-state index is 3.55. The molecule has 0 saturated heterocycles. The Morgan fingerprint density at radius 2 is 2.20 bits per heavy atom. The maximum absolute atomic E-state index is 3.55. The van der Waals surface area contributed by atoms with Crippen LogP contribution >= 0.6 is 15.9 Å². The van der Waals surface area contributed by atoms with Crippen LogP contribution < -0.4 is 4.90 Å². The van der Waals surface area contributed by atoms with Gasteiger partial charge >= 0.3 is 0 Å². The van der Waals surface area contributed by atoms with Gasteiger partial charge in [0.1, 0.15) is 0 Å². The lowest BCUT2D eigenvalue weighted by Gasteiger charge is -2.31. The molecule has 1 saturated carbocycles. The fourth-order valence-corrected chi connectivity index (χ4v) is 2.85. The first kappa shape index (κ1) is 9.71. The molecule has 1 aliphatic heterocycles. The van der Waals surface area contributed by atoms with Crippen LogP contribution in [0.25, 0.3) is 0 Å². The van der Waals surface area contributed by atoms with Crippen LogP contribution in [0.1, 0.15) is 24.8 Å². The third-order valence-corrected chi connectivity index (χ3v) is 3.93. The monoisotopic (exact) mass is 265 g/mol. The minimum absolute atomic E-state index is 0.986. The van der Waals surface area contributed by atoms with Crippen LogP contribution in [0.15, 0.2) is 22.7 Å². The predicted octanol–water partition coefficient (Wildman–Crippen LogP) is 3.61. The molecule has 0 aromatic heterocycles. The second-order valence-corrected chi connectivity index (χ2v) is 5.68. The molecule has 3 rings (SSSR count). The molecular formula is C13H16BrN. The summed E-state index contributed by atoms with van der Waals surface area (Å²) >= 11 is 3.55. The highest BCUT2D eigenvalue weighted by atomic mass is 79.9. The Bertz CT molecular complexity index is 371. The van der Waals surface area contributed by atoms with Gasteiger partial charge in [0.15, 0.2) is 0 Å². The van der Waals surface area contributed by atoms with Crippen LogP contribution in [0.3, 0.4) is 0 Å². The number of rotatable bonds is 2. The first-order chi connectivity index (χ1) is 7.33. The predicted molar refractivity (Wildman–Crippen MR) is 67.4 cm³/mol. The van der Waals surface area contributed by atoms with Gasteiger partial charge in [0, 0.05) is 23.2 Å². The number of aryl methyl sites for hydroxylation is 1. The Hall–Kier alpha value is -0.500. The molecule has 2 heteroatoms. The third-order valence-electron chi connectivity index (χ3n) is 3.43. The van der Waals surface area contributed by atoms with E-state index in [1.54, 1.807) is 0 Å². The van der Waals surface area contributed by atoms with E-state index in [-0.39, 0.29) is 0 Å². The summed E-state index contributed by atoms with van der Waals surface area (Å²) in [6.07, 6.45) is 5.46. The normalized spacial score (nSPS) is 20.2. The number of hydrogen-bond acceptors (Lipinski definition) is 1. The van der Waals surface area contributed by atoms with E-state index in [1.807, 2.05) is 0 Å². The number of benzene rings is 1. The SMILES string of the molecule is Brc1ccc2c(c1)CCCN2CC1CC1. The molecule has 1 aromatic carbocycles. The van der Waals surface area contributed by atoms with Crippen molar-refractivity contribution in [2.75, 3.05) is 18.0 Å². The molecule has 0 bridgehead atoms. The molecule has 80 valence electrons. The van der Waals surface area contributed by atoms with E-state index in [1.165, 1.54) is 54.5 Å². The standard InChI is InChI=1S/C13H16BrN/c14-12-5-6-13-11(8-12)2-1-7-15(13)9-10-3-4-10/h5-6,8,10H,1-4,7,9H2. The van der Waals surface area contributed by atoms with Crippen molar-refractivity contribution in [1.29, 1.82) is 0 Å². The summed E-state index contributed by atoms with van der Waals surface area (Å²) in [5, 5.41) is 0. The molecular weight excluding hydrogens is 250 g/mol. The Morgan fingerprint density at radius 1 is 1.33 bits per heavy atom. The lowest BCUT2D eigenvalue weighted by molar-refractivity contribution is 0.657. The van der Waals surface area contributed by atoms with Crippen molar-refractivity contribution < 1.29 is 0 Å². The molecule has 0 atom stereocenters. The van der Waals surface area contributed by atoms with E-state index in [0.717, 1.165) is 5.92 Å². The van der Waals surface area contributed by atoms with Gasteiger partial charge in [0.2, 0.25) is 0 Å². The molecule has 15 heavy (non-hydrogen) atoms. The van der Waals surface area contributed by atoms with Crippen LogP contribution in [-0.4, -0.2) is 13.1 Å². The number of fused-ring (bicyclic) bond motifs is 1. The van der Waals surface area contributed by atoms with Crippen LogP contribution in [0.5, 0.6) is 0 Å². The van der Waals surface area contributed by atoms with Crippen molar-refractivity contribution in [3.63, 3.8) is 0 Å². The second-order valence-electron chi connectivity index (χ2n) is 4.77. The molecule has 0 unspecified atom stereocenters. The zero-order valence-corrected chi connectivity index (χ0v) is 10.5. The Morgan fingerprint density at radius 3 is 3.00 bits per heavy atom. The van der Waals surface area contributed by atoms with E-state index in [2.05, 4.69) is 39.0 Å². The first-order valence-corrected chi connectivity index (χ1v) is 6.65. The van der Waals surface area contributed by atoms with Gasteiger partial charge in [-0.2, -0.15) is 0 Å². The zero-order chi connectivity index (χ0) is 10.3. The molecule has 1 fully saturated rings. The van der Waals surface area contributed by atoms with Crippen molar-refractivity contribution in [3.8, 4) is 0 Å². The highest BCUT2D eigenvalue weighted by molar-refractivity contribution is 9.10. The Balaban J connectivity index is 1.87. The van der Waals surface area contributed by atoms with Gasteiger partial charge in [-0.05, 0) is 55.4 Å². The lowest BCUT2D eigenvalue weighted by Crippen LogP contribution is -2.31. The van der Waals surface area contributed by atoms with Crippen molar-refractivity contribution in [1.82, 2.24) is 0 Å². The fourth-order valence-electron chi connectivity index (χ4n) is 2.45. The van der Waals surface area contributed by atoms with Gasteiger partial charge in [0.25, 0.3) is 0 Å². The molecule has 2 aliphatic rings. The number of halogens is 1. The van der Waals surface area contributed by atoms with Gasteiger partial charge in [-0.15, -0.1) is 0 Å². The molecule has 0 radical (unpaired) electrons. The van der Waals surface area contributed by atoms with Crippen molar-refractivity contribution >= 4 is 21.6 Å². The van der Waals surface area contributed by atoms with Crippen LogP contribution in [0.4, 0.5) is 5.69 Å². The van der Waals surface area contributed by atoms with Gasteiger partial charge in [-0.1, -0.05) is 15.9 Å². The average Bonchev–Trinajstić information content (AvgIpc) is 3.01. The second kappa shape index (κ2) is 3.82. The van der Waals surface area contributed by atoms with Gasteiger partial charge in [-0.25, -0.2) is 0 Å². The lowest BCUT2D eigenvalue weighted by atomic mass is 10.0. The van der Waals surface area contributed by atoms with Crippen molar-refractivity contribution in [2.24, 2.45) is 5.92 Å². The first-order valence-electron chi connectivity index (χ1n) is 5.86. The molecule has 1 heterocycles. The molecule has 0 N–H and O–H groups in total. The fraction of sp³-hybridized carbons (Fsp3) is 0.538. The van der Waals surface area contributed by atoms with E-state index in [9.17, 15) is 0 Å². The molecule has 0 spiro atoms. The van der Waals surface area contributed by atoms with Crippen molar-refractivity contribution in [2.45, 2.75) is 25.7 Å². The highest BCUT2D eigenvalue weighted by Crippen LogP contribution is 2.35. The topological polar surface area (TPSA) is 3.24 Å². The summed E-state index contributed by atoms with van der Waals surface area (Å²) in [5.41, 5.74) is 3.01. The summed E-state index contributed by atoms with van der Waals surface area (Å²) < 4.78 is 1.22. The summed E-state index contributed by atoms with van der Waals surface area (Å²) in [4.78, 5) is 2.59. The van der Waals surface area contributed by atoms with E-state index in [4.69, 9.17) is 0 Å². The maximum Gasteiger partial charge on any atom is 0.0399 e. The Kier molecular flexibility index (Phi) is 2.47. The highest BCUT2D eigenvalue weighted by Gasteiger charge is 2.26. The Labute approximate surface area is 99.6 Å². The third kappa shape index (κ3) is 2.05. The molecule has 0 amide bonds. The van der Waals surface area contributed by atoms with Crippen LogP contribution in [-0.2, 0) is 6.42 Å². The molecule has 1 aliphatic carbocycles. The van der Waals surface area contributed by atoms with Gasteiger partial charge in [-0.3, -0.25) is 0 Å². The molecule has 1 nitrogen and oxygen atoms in total. The van der Waals surface area contributed by atoms with Crippen LogP contribution in [0.2, 0.25) is 0 Å². The van der Waals surface area contributed by atoms with Gasteiger partial charge in [0.05, 0.1) is 0 Å². The minimum Gasteiger partial charge on any atom is -0.371 e. The largest absolute Gasteiger partial charge is 0.371 e. The number of nitrogens with zero attached hydrogens (tertiary/aromatic N) is 1.